The maximum Gasteiger partial charge on any atom is 0.0512 e. The molecule has 0 aromatic heterocycles. The molecule has 0 radical (unpaired) electrons. The van der Waals surface area contributed by atoms with E-state index in [9.17, 15) is 0 Å². The molecule has 100 valence electrons. The molecular formula is C14H13BrCl2N2. The molecule has 2 rings (SSSR count). The number of nitrogens with two attached hydrogens (primary N) is 1. The Balaban J connectivity index is 2.27. The summed E-state index contributed by atoms with van der Waals surface area (Å²) in [5, 5.41) is 1.41. The van der Waals surface area contributed by atoms with Gasteiger partial charge in [0, 0.05) is 14.5 Å². The molecule has 0 heterocycles. The zero-order valence-electron chi connectivity index (χ0n) is 10.0. The summed E-state index contributed by atoms with van der Waals surface area (Å²) in [7, 11) is 0. The first-order valence-corrected chi connectivity index (χ1v) is 7.30. The summed E-state index contributed by atoms with van der Waals surface area (Å²) in [6.45, 7) is 0. The van der Waals surface area contributed by atoms with Crippen molar-refractivity contribution < 1.29 is 0 Å². The van der Waals surface area contributed by atoms with Gasteiger partial charge in [-0.05, 0) is 47.9 Å². The van der Waals surface area contributed by atoms with Gasteiger partial charge in [-0.1, -0.05) is 51.3 Å². The first-order chi connectivity index (χ1) is 9.10. The third-order valence-electron chi connectivity index (χ3n) is 2.86. The fourth-order valence-corrected chi connectivity index (χ4v) is 2.86. The predicted molar refractivity (Wildman–Crippen MR) is 84.4 cm³/mol. The van der Waals surface area contributed by atoms with E-state index in [4.69, 9.17) is 29.0 Å². The van der Waals surface area contributed by atoms with Crippen molar-refractivity contribution in [1.29, 1.82) is 0 Å². The van der Waals surface area contributed by atoms with Crippen LogP contribution in [0.1, 0.15) is 17.2 Å². The molecule has 3 N–H and O–H groups in total. The van der Waals surface area contributed by atoms with Crippen LogP contribution in [0.3, 0.4) is 0 Å². The lowest BCUT2D eigenvalue weighted by Gasteiger charge is -2.18. The Hall–Kier alpha value is -0.580. The van der Waals surface area contributed by atoms with E-state index in [0.29, 0.717) is 5.02 Å². The molecule has 0 fully saturated rings. The van der Waals surface area contributed by atoms with E-state index in [1.165, 1.54) is 0 Å². The van der Waals surface area contributed by atoms with Gasteiger partial charge in [0.1, 0.15) is 0 Å². The lowest BCUT2D eigenvalue weighted by Crippen LogP contribution is -2.29. The number of benzene rings is 2. The zero-order valence-corrected chi connectivity index (χ0v) is 13.1. The standard InChI is InChI=1S/C14H13BrCl2N2/c15-13-5-4-11(17)8-12(13)14(19-18)7-9-2-1-3-10(16)6-9/h1-6,8,14,19H,7,18H2. The van der Waals surface area contributed by atoms with E-state index < -0.39 is 0 Å². The Labute approximate surface area is 131 Å². The third-order valence-corrected chi connectivity index (χ3v) is 4.06. The van der Waals surface area contributed by atoms with Crippen LogP contribution in [0.25, 0.3) is 0 Å². The van der Waals surface area contributed by atoms with E-state index >= 15 is 0 Å². The Kier molecular flexibility index (Phi) is 5.25. The highest BCUT2D eigenvalue weighted by Crippen LogP contribution is 2.29. The minimum absolute atomic E-state index is 0.0356. The monoisotopic (exact) mass is 358 g/mol. The Bertz CT molecular complexity index is 575. The van der Waals surface area contributed by atoms with Crippen molar-refractivity contribution in [1.82, 2.24) is 5.43 Å². The van der Waals surface area contributed by atoms with Crippen molar-refractivity contribution in [3.63, 3.8) is 0 Å². The SMILES string of the molecule is NNC(Cc1cccc(Cl)c1)c1cc(Cl)ccc1Br. The average Bonchev–Trinajstić information content (AvgIpc) is 2.39. The molecule has 1 unspecified atom stereocenters. The highest BCUT2D eigenvalue weighted by atomic mass is 79.9. The number of halogens is 3. The van der Waals surface area contributed by atoms with Crippen LogP contribution in [0, 0.1) is 0 Å². The number of hydrogen-bond acceptors (Lipinski definition) is 2. The molecule has 19 heavy (non-hydrogen) atoms. The van der Waals surface area contributed by atoms with Gasteiger partial charge in [-0.25, -0.2) is 0 Å². The molecule has 2 aromatic rings. The minimum Gasteiger partial charge on any atom is -0.271 e. The quantitative estimate of drug-likeness (QED) is 0.622. The lowest BCUT2D eigenvalue weighted by molar-refractivity contribution is 0.550. The molecule has 0 aliphatic rings. The fraction of sp³-hybridized carbons (Fsp3) is 0.143. The molecule has 0 aliphatic heterocycles. The fourth-order valence-electron chi connectivity index (χ4n) is 1.94. The molecule has 2 nitrogen and oxygen atoms in total. The number of nitrogens with one attached hydrogen (secondary N) is 1. The normalized spacial score (nSPS) is 12.4. The molecule has 0 saturated carbocycles. The highest BCUT2D eigenvalue weighted by molar-refractivity contribution is 9.10. The van der Waals surface area contributed by atoms with Crippen molar-refractivity contribution in [3.8, 4) is 0 Å². The van der Waals surface area contributed by atoms with Crippen molar-refractivity contribution >= 4 is 39.1 Å². The first kappa shape index (κ1) is 14.8. The molecule has 2 aromatic carbocycles. The van der Waals surface area contributed by atoms with Crippen LogP contribution in [-0.4, -0.2) is 0 Å². The molecule has 0 aliphatic carbocycles. The smallest absolute Gasteiger partial charge is 0.0512 e. The Morgan fingerprint density at radius 3 is 2.53 bits per heavy atom. The summed E-state index contributed by atoms with van der Waals surface area (Å²) in [5.41, 5.74) is 4.96. The van der Waals surface area contributed by atoms with E-state index in [2.05, 4.69) is 21.4 Å². The van der Waals surface area contributed by atoms with Gasteiger partial charge in [-0.3, -0.25) is 11.3 Å². The topological polar surface area (TPSA) is 38.0 Å². The third kappa shape index (κ3) is 3.94. The van der Waals surface area contributed by atoms with Crippen molar-refractivity contribution in [2.24, 2.45) is 5.84 Å². The molecule has 0 bridgehead atoms. The predicted octanol–water partition coefficient (Wildman–Crippen LogP) is 4.50. The van der Waals surface area contributed by atoms with Gasteiger partial charge < -0.3 is 0 Å². The molecule has 0 amide bonds. The Morgan fingerprint density at radius 1 is 1.11 bits per heavy atom. The Morgan fingerprint density at radius 2 is 1.84 bits per heavy atom. The van der Waals surface area contributed by atoms with Gasteiger partial charge in [-0.15, -0.1) is 0 Å². The van der Waals surface area contributed by atoms with Crippen LogP contribution in [0.4, 0.5) is 0 Å². The second kappa shape index (κ2) is 6.73. The highest BCUT2D eigenvalue weighted by Gasteiger charge is 2.14. The summed E-state index contributed by atoms with van der Waals surface area (Å²) in [5.74, 6) is 5.66. The van der Waals surface area contributed by atoms with E-state index in [0.717, 1.165) is 27.0 Å². The van der Waals surface area contributed by atoms with Gasteiger partial charge in [0.25, 0.3) is 0 Å². The van der Waals surface area contributed by atoms with Crippen molar-refractivity contribution in [2.45, 2.75) is 12.5 Å². The van der Waals surface area contributed by atoms with Crippen LogP contribution in [0.15, 0.2) is 46.9 Å². The van der Waals surface area contributed by atoms with Crippen LogP contribution in [-0.2, 0) is 6.42 Å². The minimum atomic E-state index is -0.0356. The number of hydrazine groups is 1. The summed E-state index contributed by atoms with van der Waals surface area (Å²) >= 11 is 15.5. The van der Waals surface area contributed by atoms with Gasteiger partial charge >= 0.3 is 0 Å². The summed E-state index contributed by atoms with van der Waals surface area (Å²) < 4.78 is 0.974. The summed E-state index contributed by atoms with van der Waals surface area (Å²) in [6.07, 6.45) is 0.732. The van der Waals surface area contributed by atoms with E-state index in [1.807, 2.05) is 42.5 Å². The van der Waals surface area contributed by atoms with Crippen LogP contribution in [0.5, 0.6) is 0 Å². The van der Waals surface area contributed by atoms with E-state index in [-0.39, 0.29) is 6.04 Å². The molecule has 0 saturated heterocycles. The van der Waals surface area contributed by atoms with Crippen LogP contribution in [0.2, 0.25) is 10.0 Å². The summed E-state index contributed by atoms with van der Waals surface area (Å²) in [4.78, 5) is 0. The van der Waals surface area contributed by atoms with Crippen LogP contribution < -0.4 is 11.3 Å². The van der Waals surface area contributed by atoms with E-state index in [1.54, 1.807) is 0 Å². The van der Waals surface area contributed by atoms with Crippen molar-refractivity contribution in [3.05, 3.63) is 68.1 Å². The maximum absolute atomic E-state index is 6.04. The molecule has 5 heteroatoms. The molecule has 1 atom stereocenters. The molecule has 0 spiro atoms. The van der Waals surface area contributed by atoms with Gasteiger partial charge in [0.05, 0.1) is 6.04 Å². The molecular weight excluding hydrogens is 347 g/mol. The number of rotatable bonds is 4. The second-order valence-corrected chi connectivity index (χ2v) is 5.95. The van der Waals surface area contributed by atoms with Gasteiger partial charge in [0.15, 0.2) is 0 Å². The first-order valence-electron chi connectivity index (χ1n) is 5.75. The number of hydrogen-bond donors (Lipinski definition) is 2. The average molecular weight is 360 g/mol. The van der Waals surface area contributed by atoms with Crippen LogP contribution >= 0.6 is 39.1 Å². The van der Waals surface area contributed by atoms with Gasteiger partial charge in [0.2, 0.25) is 0 Å². The van der Waals surface area contributed by atoms with Crippen molar-refractivity contribution in [2.75, 3.05) is 0 Å². The lowest BCUT2D eigenvalue weighted by atomic mass is 9.99. The maximum atomic E-state index is 6.04. The largest absolute Gasteiger partial charge is 0.271 e. The summed E-state index contributed by atoms with van der Waals surface area (Å²) in [6, 6.07) is 13.4. The van der Waals surface area contributed by atoms with Gasteiger partial charge in [-0.2, -0.15) is 0 Å². The zero-order chi connectivity index (χ0) is 13.8. The second-order valence-electron chi connectivity index (χ2n) is 4.22.